The van der Waals surface area contributed by atoms with E-state index in [2.05, 4.69) is 33.3 Å². The lowest BCUT2D eigenvalue weighted by Gasteiger charge is -2.08. The van der Waals surface area contributed by atoms with Crippen molar-refractivity contribution in [1.29, 1.82) is 0 Å². The number of anilines is 1. The number of nitrogens with zero attached hydrogens (tertiary/aromatic N) is 2. The van der Waals surface area contributed by atoms with Gasteiger partial charge in [0.2, 0.25) is 0 Å². The van der Waals surface area contributed by atoms with Crippen LogP contribution in [0.4, 0.5) is 10.1 Å². The van der Waals surface area contributed by atoms with Crippen molar-refractivity contribution < 1.29 is 4.39 Å². The maximum Gasteiger partial charge on any atom is 0.147 e. The smallest absolute Gasteiger partial charge is 0.147 e. The fraction of sp³-hybridized carbons (Fsp3) is 0.308. The van der Waals surface area contributed by atoms with E-state index < -0.39 is 0 Å². The fourth-order valence-corrected chi connectivity index (χ4v) is 2.19. The highest BCUT2D eigenvalue weighted by Crippen LogP contribution is 2.25. The van der Waals surface area contributed by atoms with E-state index in [1.54, 1.807) is 12.3 Å². The first-order valence-corrected chi connectivity index (χ1v) is 6.69. The maximum atomic E-state index is 13.6. The van der Waals surface area contributed by atoms with E-state index in [1.165, 1.54) is 6.07 Å². The minimum absolute atomic E-state index is 0.259. The second kappa shape index (κ2) is 6.00. The second-order valence-corrected chi connectivity index (χ2v) is 4.92. The van der Waals surface area contributed by atoms with Crippen molar-refractivity contribution in [3.63, 3.8) is 0 Å². The van der Waals surface area contributed by atoms with Crippen molar-refractivity contribution >= 4 is 21.6 Å². The van der Waals surface area contributed by atoms with Crippen molar-refractivity contribution in [2.24, 2.45) is 0 Å². The first kappa shape index (κ1) is 13.1. The van der Waals surface area contributed by atoms with Gasteiger partial charge in [0.15, 0.2) is 0 Å². The SMILES string of the molecule is CCCn1cc(CNc2c(F)cccc2Br)cn1. The Morgan fingerprint density at radius 3 is 3.00 bits per heavy atom. The van der Waals surface area contributed by atoms with Gasteiger partial charge in [-0.1, -0.05) is 13.0 Å². The quantitative estimate of drug-likeness (QED) is 0.910. The van der Waals surface area contributed by atoms with Crippen LogP contribution in [0.1, 0.15) is 18.9 Å². The Hall–Kier alpha value is -1.36. The molecule has 0 radical (unpaired) electrons. The van der Waals surface area contributed by atoms with Crippen molar-refractivity contribution in [1.82, 2.24) is 9.78 Å². The first-order valence-electron chi connectivity index (χ1n) is 5.90. The molecule has 0 saturated carbocycles. The van der Waals surface area contributed by atoms with E-state index >= 15 is 0 Å². The number of halogens is 2. The summed E-state index contributed by atoms with van der Waals surface area (Å²) in [6.45, 7) is 3.57. The lowest BCUT2D eigenvalue weighted by atomic mass is 10.3. The van der Waals surface area contributed by atoms with Crippen LogP contribution in [0.25, 0.3) is 0 Å². The Labute approximate surface area is 114 Å². The number of nitrogens with one attached hydrogen (secondary N) is 1. The largest absolute Gasteiger partial charge is 0.378 e. The molecule has 0 atom stereocenters. The normalized spacial score (nSPS) is 10.6. The molecule has 18 heavy (non-hydrogen) atoms. The summed E-state index contributed by atoms with van der Waals surface area (Å²) in [5.41, 5.74) is 1.53. The summed E-state index contributed by atoms with van der Waals surface area (Å²) in [5, 5.41) is 7.31. The number of hydrogen-bond donors (Lipinski definition) is 1. The van der Waals surface area contributed by atoms with Gasteiger partial charge < -0.3 is 5.32 Å². The number of aromatic nitrogens is 2. The molecular weight excluding hydrogens is 297 g/mol. The summed E-state index contributed by atoms with van der Waals surface area (Å²) in [6.07, 6.45) is 4.83. The minimum atomic E-state index is -0.259. The highest BCUT2D eigenvalue weighted by Gasteiger charge is 2.06. The van der Waals surface area contributed by atoms with Crippen molar-refractivity contribution in [3.05, 3.63) is 46.4 Å². The molecule has 5 heteroatoms. The van der Waals surface area contributed by atoms with Crippen LogP contribution in [0.5, 0.6) is 0 Å². The van der Waals surface area contributed by atoms with Crippen LogP contribution in [0.2, 0.25) is 0 Å². The lowest BCUT2D eigenvalue weighted by Crippen LogP contribution is -2.01. The number of rotatable bonds is 5. The van der Waals surface area contributed by atoms with Gasteiger partial charge in [-0.3, -0.25) is 4.68 Å². The molecule has 2 aromatic rings. The molecule has 0 fully saturated rings. The Balaban J connectivity index is 2.02. The van der Waals surface area contributed by atoms with Crippen molar-refractivity contribution in [2.75, 3.05) is 5.32 Å². The van der Waals surface area contributed by atoms with Gasteiger partial charge in [-0.2, -0.15) is 5.10 Å². The average molecular weight is 312 g/mol. The van der Waals surface area contributed by atoms with Gasteiger partial charge in [0.05, 0.1) is 11.9 Å². The zero-order valence-corrected chi connectivity index (χ0v) is 11.7. The minimum Gasteiger partial charge on any atom is -0.378 e. The first-order chi connectivity index (χ1) is 8.70. The summed E-state index contributed by atoms with van der Waals surface area (Å²) in [4.78, 5) is 0. The van der Waals surface area contributed by atoms with Gasteiger partial charge in [0.1, 0.15) is 5.82 Å². The van der Waals surface area contributed by atoms with Crippen molar-refractivity contribution in [2.45, 2.75) is 26.4 Å². The van der Waals surface area contributed by atoms with E-state index in [0.29, 0.717) is 12.2 Å². The zero-order chi connectivity index (χ0) is 13.0. The van der Waals surface area contributed by atoms with Gasteiger partial charge in [0.25, 0.3) is 0 Å². The molecule has 1 aromatic heterocycles. The van der Waals surface area contributed by atoms with Crippen LogP contribution in [0, 0.1) is 5.82 Å². The van der Waals surface area contributed by atoms with Gasteiger partial charge in [-0.05, 0) is 34.5 Å². The summed E-state index contributed by atoms with van der Waals surface area (Å²) < 4.78 is 16.2. The van der Waals surface area contributed by atoms with Gasteiger partial charge in [-0.25, -0.2) is 4.39 Å². The molecule has 0 aliphatic heterocycles. The molecule has 0 aliphatic carbocycles. The molecule has 0 amide bonds. The average Bonchev–Trinajstić information content (AvgIpc) is 2.77. The molecule has 2 rings (SSSR count). The Morgan fingerprint density at radius 2 is 2.28 bits per heavy atom. The van der Waals surface area contributed by atoms with Crippen LogP contribution in [-0.4, -0.2) is 9.78 Å². The third kappa shape index (κ3) is 3.10. The van der Waals surface area contributed by atoms with E-state index in [0.717, 1.165) is 23.0 Å². The molecular formula is C13H15BrFN3. The number of aryl methyl sites for hydroxylation is 1. The number of benzene rings is 1. The highest BCUT2D eigenvalue weighted by atomic mass is 79.9. The number of para-hydroxylation sites is 1. The molecule has 0 saturated heterocycles. The van der Waals surface area contributed by atoms with Crippen LogP contribution in [-0.2, 0) is 13.1 Å². The Morgan fingerprint density at radius 1 is 1.44 bits per heavy atom. The van der Waals surface area contributed by atoms with Gasteiger partial charge >= 0.3 is 0 Å². The second-order valence-electron chi connectivity index (χ2n) is 4.06. The van der Waals surface area contributed by atoms with Crippen LogP contribution in [0.3, 0.4) is 0 Å². The monoisotopic (exact) mass is 311 g/mol. The molecule has 1 heterocycles. The molecule has 0 unspecified atom stereocenters. The van der Waals surface area contributed by atoms with Crippen LogP contribution >= 0.6 is 15.9 Å². The molecule has 0 bridgehead atoms. The Bertz CT molecular complexity index is 504. The van der Waals surface area contributed by atoms with E-state index in [1.807, 2.05) is 16.9 Å². The molecule has 1 aromatic carbocycles. The predicted octanol–water partition coefficient (Wildman–Crippen LogP) is 3.81. The van der Waals surface area contributed by atoms with Crippen molar-refractivity contribution in [3.8, 4) is 0 Å². The third-order valence-corrected chi connectivity index (χ3v) is 3.23. The lowest BCUT2D eigenvalue weighted by molar-refractivity contribution is 0.602. The summed E-state index contributed by atoms with van der Waals surface area (Å²) >= 11 is 3.33. The molecule has 0 aliphatic rings. The number of hydrogen-bond acceptors (Lipinski definition) is 2. The Kier molecular flexibility index (Phi) is 4.36. The van der Waals surface area contributed by atoms with Crippen LogP contribution in [0.15, 0.2) is 35.1 Å². The van der Waals surface area contributed by atoms with Crippen LogP contribution < -0.4 is 5.32 Å². The molecule has 96 valence electrons. The van der Waals surface area contributed by atoms with Gasteiger partial charge in [-0.15, -0.1) is 0 Å². The standard InChI is InChI=1S/C13H15BrFN3/c1-2-6-18-9-10(8-17-18)7-16-13-11(14)4-3-5-12(13)15/h3-5,8-9,16H,2,6-7H2,1H3. The molecule has 1 N–H and O–H groups in total. The summed E-state index contributed by atoms with van der Waals surface area (Å²) in [6, 6.07) is 4.92. The molecule has 0 spiro atoms. The molecule has 3 nitrogen and oxygen atoms in total. The highest BCUT2D eigenvalue weighted by molar-refractivity contribution is 9.10. The zero-order valence-electron chi connectivity index (χ0n) is 10.2. The maximum absolute atomic E-state index is 13.6. The fourth-order valence-electron chi connectivity index (χ4n) is 1.71. The topological polar surface area (TPSA) is 29.9 Å². The van der Waals surface area contributed by atoms with E-state index in [-0.39, 0.29) is 5.82 Å². The summed E-state index contributed by atoms with van der Waals surface area (Å²) in [5.74, 6) is -0.259. The predicted molar refractivity (Wildman–Crippen MR) is 73.9 cm³/mol. The summed E-state index contributed by atoms with van der Waals surface area (Å²) in [7, 11) is 0. The van der Waals surface area contributed by atoms with E-state index in [9.17, 15) is 4.39 Å². The third-order valence-electron chi connectivity index (χ3n) is 2.57. The van der Waals surface area contributed by atoms with Gasteiger partial charge in [0, 0.05) is 29.3 Å². The van der Waals surface area contributed by atoms with E-state index in [4.69, 9.17) is 0 Å².